The molecule has 0 bridgehead atoms. The molecule has 8 nitrogen and oxygen atoms in total. The Labute approximate surface area is 326 Å². The standard InChI is InChI=1S/C13H16O2.C12H16O2.C11H12O2.C11H14O2/c1-15-13-11(10-6-2-3-7-10)8-4-5-9-12(13)14;1-4-9(2)10-7-5-6-8-11(13)12(10)14-3;1-13-11-9(8-6-7-8)4-2-3-5-10(11)12;1-8(2)9-6-4-5-7-10(12)11(9)13-3/h4-5,8-10H,2-3,6-7H2,1H3;5-9H,4H2,1-3H3;2-5,8H,6-7H2,1H3;4-8H,1-3H3. The molecule has 0 N–H and O–H groups in total. The lowest BCUT2D eigenvalue weighted by atomic mass is 9.98. The number of rotatable bonds is 9. The predicted octanol–water partition coefficient (Wildman–Crippen LogP) is 9.39. The van der Waals surface area contributed by atoms with E-state index in [0.717, 1.165) is 28.7 Å². The Morgan fingerprint density at radius 3 is 1.16 bits per heavy atom. The Morgan fingerprint density at radius 1 is 0.473 bits per heavy atom. The highest BCUT2D eigenvalue weighted by molar-refractivity contribution is 5.38. The van der Waals surface area contributed by atoms with Gasteiger partial charge in [-0.15, -0.1) is 0 Å². The quantitative estimate of drug-likeness (QED) is 0.167. The van der Waals surface area contributed by atoms with Crippen molar-refractivity contribution in [2.75, 3.05) is 28.4 Å². The molecule has 1 atom stereocenters. The van der Waals surface area contributed by atoms with Crippen LogP contribution in [0.3, 0.4) is 0 Å². The monoisotopic (exact) mass is 750 g/mol. The molecular weight excluding hydrogens is 693 g/mol. The van der Waals surface area contributed by atoms with E-state index in [4.69, 9.17) is 18.9 Å². The van der Waals surface area contributed by atoms with Crippen molar-refractivity contribution in [3.05, 3.63) is 160 Å². The van der Waals surface area contributed by atoms with Crippen LogP contribution in [0.25, 0.3) is 0 Å². The van der Waals surface area contributed by atoms with Crippen molar-refractivity contribution in [2.24, 2.45) is 0 Å². The second kappa shape index (κ2) is 22.9. The van der Waals surface area contributed by atoms with Gasteiger partial charge in [0.05, 0.1) is 28.4 Å². The van der Waals surface area contributed by atoms with Crippen molar-refractivity contribution in [3.8, 4) is 23.0 Å². The van der Waals surface area contributed by atoms with E-state index >= 15 is 0 Å². The van der Waals surface area contributed by atoms with Gasteiger partial charge in [-0.1, -0.05) is 113 Å². The lowest BCUT2D eigenvalue weighted by molar-refractivity contribution is 0.402. The maximum absolute atomic E-state index is 11.7. The summed E-state index contributed by atoms with van der Waals surface area (Å²) in [7, 11) is 6.21. The maximum atomic E-state index is 11.7. The van der Waals surface area contributed by atoms with Crippen LogP contribution in [0.1, 0.15) is 119 Å². The van der Waals surface area contributed by atoms with Gasteiger partial charge in [0.2, 0.25) is 21.7 Å². The van der Waals surface area contributed by atoms with Gasteiger partial charge >= 0.3 is 0 Å². The average molecular weight is 751 g/mol. The molecule has 2 fully saturated rings. The molecule has 0 saturated heterocycles. The van der Waals surface area contributed by atoms with Crippen molar-refractivity contribution in [1.29, 1.82) is 0 Å². The van der Waals surface area contributed by atoms with Crippen molar-refractivity contribution in [2.45, 2.75) is 96.3 Å². The van der Waals surface area contributed by atoms with Crippen molar-refractivity contribution < 1.29 is 18.9 Å². The number of ether oxygens (including phenoxy) is 4. The summed E-state index contributed by atoms with van der Waals surface area (Å²) in [5, 5.41) is 0. The second-order valence-electron chi connectivity index (χ2n) is 14.0. The van der Waals surface area contributed by atoms with Crippen LogP contribution in [-0.4, -0.2) is 28.4 Å². The molecule has 4 aromatic rings. The van der Waals surface area contributed by atoms with Crippen LogP contribution in [0.2, 0.25) is 0 Å². The van der Waals surface area contributed by atoms with E-state index < -0.39 is 0 Å². The minimum absolute atomic E-state index is 0.00981. The molecule has 0 radical (unpaired) electrons. The fourth-order valence-corrected chi connectivity index (χ4v) is 6.59. The topological polar surface area (TPSA) is 105 Å². The summed E-state index contributed by atoms with van der Waals surface area (Å²) >= 11 is 0. The van der Waals surface area contributed by atoms with E-state index in [0.29, 0.717) is 46.7 Å². The van der Waals surface area contributed by atoms with E-state index in [2.05, 4.69) is 13.8 Å². The molecule has 1 unspecified atom stereocenters. The molecule has 0 heterocycles. The summed E-state index contributed by atoms with van der Waals surface area (Å²) in [5.41, 5.74) is 3.97. The molecule has 4 aromatic carbocycles. The zero-order chi connectivity index (χ0) is 40.3. The molecule has 0 aliphatic heterocycles. The fraction of sp³-hybridized carbons (Fsp3) is 0.404. The Balaban J connectivity index is 0.000000197. The van der Waals surface area contributed by atoms with Gasteiger partial charge in [0.1, 0.15) is 0 Å². The zero-order valence-electron chi connectivity index (χ0n) is 33.8. The minimum atomic E-state index is -0.0591. The van der Waals surface area contributed by atoms with Crippen LogP contribution in [0.4, 0.5) is 0 Å². The van der Waals surface area contributed by atoms with Crippen LogP contribution in [0.5, 0.6) is 23.0 Å². The first-order chi connectivity index (χ1) is 26.5. The third-order valence-corrected chi connectivity index (χ3v) is 9.88. The zero-order valence-corrected chi connectivity index (χ0v) is 33.8. The Hall–Kier alpha value is -5.24. The first-order valence-corrected chi connectivity index (χ1v) is 19.2. The molecule has 6 rings (SSSR count). The molecule has 294 valence electrons. The fourth-order valence-electron chi connectivity index (χ4n) is 6.59. The molecule has 2 aliphatic rings. The summed E-state index contributed by atoms with van der Waals surface area (Å²) in [6.45, 7) is 8.27. The van der Waals surface area contributed by atoms with Gasteiger partial charge in [0, 0.05) is 22.3 Å². The van der Waals surface area contributed by atoms with Gasteiger partial charge in [-0.2, -0.15) is 0 Å². The van der Waals surface area contributed by atoms with E-state index in [1.54, 1.807) is 57.7 Å². The largest absolute Gasteiger partial charge is 0.492 e. The highest BCUT2D eigenvalue weighted by Gasteiger charge is 2.27. The van der Waals surface area contributed by atoms with E-state index in [9.17, 15) is 19.2 Å². The van der Waals surface area contributed by atoms with Crippen molar-refractivity contribution in [3.63, 3.8) is 0 Å². The van der Waals surface area contributed by atoms with Gasteiger partial charge in [-0.3, -0.25) is 19.2 Å². The van der Waals surface area contributed by atoms with Crippen LogP contribution in [0, 0.1) is 0 Å². The number of hydrogen-bond donors (Lipinski definition) is 0. The average Bonchev–Trinajstić information content (AvgIpc) is 4.00. The summed E-state index contributed by atoms with van der Waals surface area (Å²) in [5.74, 6) is 3.71. The molecule has 2 aliphatic carbocycles. The summed E-state index contributed by atoms with van der Waals surface area (Å²) in [4.78, 5) is 46.2. The molecule has 0 amide bonds. The second-order valence-corrected chi connectivity index (χ2v) is 14.0. The first-order valence-electron chi connectivity index (χ1n) is 19.2. The summed E-state index contributed by atoms with van der Waals surface area (Å²) in [6, 6.07) is 28.6. The van der Waals surface area contributed by atoms with Gasteiger partial charge in [-0.05, 0) is 80.0 Å². The van der Waals surface area contributed by atoms with Gasteiger partial charge in [0.15, 0.2) is 23.0 Å². The Kier molecular flexibility index (Phi) is 18.3. The maximum Gasteiger partial charge on any atom is 0.220 e. The normalized spacial score (nSPS) is 13.7. The van der Waals surface area contributed by atoms with Crippen LogP contribution < -0.4 is 40.7 Å². The molecular formula is C47H58O8. The third kappa shape index (κ3) is 12.9. The lowest BCUT2D eigenvalue weighted by Crippen LogP contribution is -2.05. The van der Waals surface area contributed by atoms with Crippen LogP contribution in [-0.2, 0) is 0 Å². The Morgan fingerprint density at radius 2 is 0.800 bits per heavy atom. The molecule has 2 saturated carbocycles. The number of methoxy groups -OCH3 is 4. The van der Waals surface area contributed by atoms with Crippen LogP contribution >= 0.6 is 0 Å². The SMILES string of the molecule is CCC(C)c1ccccc(=O)c1OC.COc1c(C(C)C)ccccc1=O.COc1c(C2CC2)ccccc1=O.COc1c(C2CCCC2)ccccc1=O. The third-order valence-electron chi connectivity index (χ3n) is 9.88. The summed E-state index contributed by atoms with van der Waals surface area (Å²) < 4.78 is 20.6. The highest BCUT2D eigenvalue weighted by atomic mass is 16.5. The van der Waals surface area contributed by atoms with E-state index in [1.807, 2.05) is 62.4 Å². The van der Waals surface area contributed by atoms with Gasteiger partial charge < -0.3 is 18.9 Å². The van der Waals surface area contributed by atoms with Gasteiger partial charge in [0.25, 0.3) is 0 Å². The van der Waals surface area contributed by atoms with E-state index in [1.165, 1.54) is 57.8 Å². The van der Waals surface area contributed by atoms with Crippen molar-refractivity contribution in [1.82, 2.24) is 0 Å². The number of hydrogen-bond acceptors (Lipinski definition) is 8. The lowest BCUT2D eigenvalue weighted by Gasteiger charge is -2.10. The molecule has 55 heavy (non-hydrogen) atoms. The summed E-state index contributed by atoms with van der Waals surface area (Å²) in [6.07, 6.45) is 8.25. The molecule has 0 spiro atoms. The first kappa shape index (κ1) is 44.2. The smallest absolute Gasteiger partial charge is 0.220 e. The van der Waals surface area contributed by atoms with Crippen molar-refractivity contribution >= 4 is 0 Å². The van der Waals surface area contributed by atoms with Crippen LogP contribution in [0.15, 0.2) is 116 Å². The van der Waals surface area contributed by atoms with Gasteiger partial charge in [-0.25, -0.2) is 0 Å². The molecule has 8 heteroatoms. The molecule has 0 aromatic heterocycles. The van der Waals surface area contributed by atoms with E-state index in [-0.39, 0.29) is 21.7 Å². The minimum Gasteiger partial charge on any atom is -0.492 e. The highest BCUT2D eigenvalue weighted by Crippen LogP contribution is 2.42. The Bertz CT molecular complexity index is 1990. The predicted molar refractivity (Wildman–Crippen MR) is 223 cm³/mol.